The van der Waals surface area contributed by atoms with Crippen LogP contribution in [0.4, 0.5) is 4.39 Å². The van der Waals surface area contributed by atoms with Crippen molar-refractivity contribution in [2.75, 3.05) is 26.2 Å². The highest BCUT2D eigenvalue weighted by molar-refractivity contribution is 6.11. The number of carbonyl (C=O) groups is 3. The molecule has 1 aromatic heterocycles. The number of nitrogens with zero attached hydrogens (tertiary/aromatic N) is 3. The third-order valence-electron chi connectivity index (χ3n) is 5.54. The van der Waals surface area contributed by atoms with E-state index in [9.17, 15) is 29.0 Å². The Hall–Kier alpha value is -4.01. The van der Waals surface area contributed by atoms with E-state index in [1.165, 1.54) is 18.3 Å². The second-order valence-electron chi connectivity index (χ2n) is 7.60. The van der Waals surface area contributed by atoms with Crippen molar-refractivity contribution >= 4 is 29.2 Å². The average molecular weight is 437 g/mol. The number of piperazine rings is 1. The third kappa shape index (κ3) is 4.09. The summed E-state index contributed by atoms with van der Waals surface area (Å²) in [7, 11) is 0. The summed E-state index contributed by atoms with van der Waals surface area (Å²) < 4.78 is 13.2. The summed E-state index contributed by atoms with van der Waals surface area (Å²) in [5, 5.41) is 20.3. The first-order chi connectivity index (χ1) is 15.4. The lowest BCUT2D eigenvalue weighted by atomic mass is 9.98. The molecule has 164 valence electrons. The predicted octanol–water partition coefficient (Wildman–Crippen LogP) is 2.28. The molecule has 8 nitrogen and oxygen atoms in total. The molecule has 1 fully saturated rings. The number of carboxylic acids is 1. The van der Waals surface area contributed by atoms with Gasteiger partial charge in [0.15, 0.2) is 5.75 Å². The number of pyridine rings is 1. The molecular formula is C23H20FN3O5. The fourth-order valence-electron chi connectivity index (χ4n) is 3.80. The molecule has 4 rings (SSSR count). The minimum atomic E-state index is -1.37. The van der Waals surface area contributed by atoms with Gasteiger partial charge in [-0.05, 0) is 41.8 Å². The van der Waals surface area contributed by atoms with Crippen molar-refractivity contribution in [3.05, 3.63) is 70.7 Å². The van der Waals surface area contributed by atoms with Crippen LogP contribution in [0, 0.1) is 5.82 Å². The standard InChI is InChI=1S/C23H20FN3O5/c24-16-3-1-14(2-4-16)9-15-10-17-18(22(30)27-7-5-26(13-28)6-8-27)11-19(23(31)32)21(29)20(17)25-12-15/h1-4,10-13,29H,5-9H2,(H,31,32). The Balaban J connectivity index is 1.77. The number of aromatic nitrogens is 1. The molecule has 2 heterocycles. The molecule has 2 aromatic carbocycles. The molecule has 9 heteroatoms. The number of phenols is 1. The molecule has 0 saturated carbocycles. The van der Waals surface area contributed by atoms with E-state index in [-0.39, 0.29) is 16.9 Å². The Labute approximate surface area is 182 Å². The van der Waals surface area contributed by atoms with Crippen LogP contribution in [0.5, 0.6) is 5.75 Å². The Bertz CT molecular complexity index is 1200. The first kappa shape index (κ1) is 21.2. The molecular weight excluding hydrogens is 417 g/mol. The van der Waals surface area contributed by atoms with E-state index in [4.69, 9.17) is 0 Å². The second kappa shape index (κ2) is 8.62. The van der Waals surface area contributed by atoms with E-state index in [1.54, 1.807) is 28.0 Å². The van der Waals surface area contributed by atoms with Gasteiger partial charge in [-0.15, -0.1) is 0 Å². The van der Waals surface area contributed by atoms with E-state index >= 15 is 0 Å². The number of halogens is 1. The van der Waals surface area contributed by atoms with Gasteiger partial charge in [0.25, 0.3) is 5.91 Å². The number of aromatic hydroxyl groups is 1. The topological polar surface area (TPSA) is 111 Å². The number of hydrogen-bond donors (Lipinski definition) is 2. The van der Waals surface area contributed by atoms with Gasteiger partial charge >= 0.3 is 5.97 Å². The van der Waals surface area contributed by atoms with E-state index < -0.39 is 23.2 Å². The van der Waals surface area contributed by atoms with Crippen molar-refractivity contribution in [3.63, 3.8) is 0 Å². The largest absolute Gasteiger partial charge is 0.505 e. The minimum absolute atomic E-state index is 0.0163. The highest BCUT2D eigenvalue weighted by Gasteiger charge is 2.26. The summed E-state index contributed by atoms with van der Waals surface area (Å²) in [6.45, 7) is 1.38. The van der Waals surface area contributed by atoms with Crippen molar-refractivity contribution in [1.82, 2.24) is 14.8 Å². The zero-order valence-corrected chi connectivity index (χ0v) is 17.0. The summed E-state index contributed by atoms with van der Waals surface area (Å²) in [4.78, 5) is 43.2. The van der Waals surface area contributed by atoms with Gasteiger partial charge in [0.05, 0.1) is 5.56 Å². The van der Waals surface area contributed by atoms with Gasteiger partial charge in [-0.2, -0.15) is 0 Å². The van der Waals surface area contributed by atoms with Crippen LogP contribution < -0.4 is 0 Å². The molecule has 0 aliphatic carbocycles. The van der Waals surface area contributed by atoms with Crippen molar-refractivity contribution in [3.8, 4) is 5.75 Å². The van der Waals surface area contributed by atoms with Gasteiger partial charge in [0.2, 0.25) is 6.41 Å². The van der Waals surface area contributed by atoms with Crippen LogP contribution in [0.1, 0.15) is 31.8 Å². The quantitative estimate of drug-likeness (QED) is 0.593. The fourth-order valence-corrected chi connectivity index (χ4v) is 3.80. The number of fused-ring (bicyclic) bond motifs is 1. The summed E-state index contributed by atoms with van der Waals surface area (Å²) in [6, 6.07) is 8.83. The van der Waals surface area contributed by atoms with Gasteiger partial charge in [-0.1, -0.05) is 12.1 Å². The van der Waals surface area contributed by atoms with Crippen molar-refractivity contribution < 1.29 is 29.0 Å². The highest BCUT2D eigenvalue weighted by atomic mass is 19.1. The lowest BCUT2D eigenvalue weighted by Crippen LogP contribution is -2.48. The highest BCUT2D eigenvalue weighted by Crippen LogP contribution is 2.32. The first-order valence-corrected chi connectivity index (χ1v) is 9.98. The number of benzene rings is 2. The molecule has 1 aliphatic heterocycles. The number of aromatic carboxylic acids is 1. The Morgan fingerprint density at radius 3 is 2.34 bits per heavy atom. The molecule has 1 saturated heterocycles. The van der Waals surface area contributed by atoms with Gasteiger partial charge in [-0.3, -0.25) is 14.6 Å². The maximum atomic E-state index is 13.3. The van der Waals surface area contributed by atoms with Crippen LogP contribution in [0.2, 0.25) is 0 Å². The Kier molecular flexibility index (Phi) is 5.72. The lowest BCUT2D eigenvalue weighted by Gasteiger charge is -2.32. The fraction of sp³-hybridized carbons (Fsp3) is 0.217. The van der Waals surface area contributed by atoms with Crippen LogP contribution in [0.25, 0.3) is 10.9 Å². The van der Waals surface area contributed by atoms with E-state index in [0.29, 0.717) is 43.5 Å². The van der Waals surface area contributed by atoms with E-state index in [0.717, 1.165) is 18.0 Å². The molecule has 3 aromatic rings. The number of amides is 2. The van der Waals surface area contributed by atoms with Gasteiger partial charge < -0.3 is 20.0 Å². The second-order valence-corrected chi connectivity index (χ2v) is 7.60. The smallest absolute Gasteiger partial charge is 0.339 e. The van der Waals surface area contributed by atoms with Crippen LogP contribution >= 0.6 is 0 Å². The molecule has 32 heavy (non-hydrogen) atoms. The Morgan fingerprint density at radius 2 is 1.72 bits per heavy atom. The Morgan fingerprint density at radius 1 is 1.03 bits per heavy atom. The molecule has 0 bridgehead atoms. The third-order valence-corrected chi connectivity index (χ3v) is 5.54. The van der Waals surface area contributed by atoms with Crippen molar-refractivity contribution in [2.24, 2.45) is 0 Å². The SMILES string of the molecule is O=CN1CCN(C(=O)c2cc(C(=O)O)c(O)c3ncc(Cc4ccc(F)cc4)cc23)CC1. The number of rotatable bonds is 5. The molecule has 1 aliphatic rings. The minimum Gasteiger partial charge on any atom is -0.505 e. The van der Waals surface area contributed by atoms with E-state index in [1.807, 2.05) is 0 Å². The number of carboxylic acid groups (broad SMARTS) is 1. The maximum Gasteiger partial charge on any atom is 0.339 e. The summed E-state index contributed by atoms with van der Waals surface area (Å²) in [5.74, 6) is -2.63. The average Bonchev–Trinajstić information content (AvgIpc) is 2.80. The molecule has 2 N–H and O–H groups in total. The van der Waals surface area contributed by atoms with Crippen LogP contribution in [0.15, 0.2) is 42.6 Å². The summed E-state index contributed by atoms with van der Waals surface area (Å²) in [5.41, 5.74) is 1.26. The normalized spacial score (nSPS) is 13.9. The molecule has 0 unspecified atom stereocenters. The van der Waals surface area contributed by atoms with Crippen molar-refractivity contribution in [2.45, 2.75) is 6.42 Å². The predicted molar refractivity (Wildman–Crippen MR) is 113 cm³/mol. The van der Waals surface area contributed by atoms with Crippen LogP contribution in [-0.2, 0) is 11.2 Å². The zero-order valence-electron chi connectivity index (χ0n) is 17.0. The first-order valence-electron chi connectivity index (χ1n) is 9.98. The van der Waals surface area contributed by atoms with Crippen molar-refractivity contribution in [1.29, 1.82) is 0 Å². The molecule has 2 amide bonds. The van der Waals surface area contributed by atoms with Gasteiger partial charge in [0.1, 0.15) is 16.9 Å². The summed E-state index contributed by atoms with van der Waals surface area (Å²) in [6.07, 6.45) is 2.64. The molecule has 0 spiro atoms. The summed E-state index contributed by atoms with van der Waals surface area (Å²) >= 11 is 0. The van der Waals surface area contributed by atoms with Gasteiger partial charge in [-0.25, -0.2) is 9.18 Å². The van der Waals surface area contributed by atoms with Crippen LogP contribution in [-0.4, -0.2) is 69.5 Å². The zero-order chi connectivity index (χ0) is 22.8. The van der Waals surface area contributed by atoms with Crippen LogP contribution in [0.3, 0.4) is 0 Å². The number of hydrogen-bond acceptors (Lipinski definition) is 5. The maximum absolute atomic E-state index is 13.3. The molecule has 0 radical (unpaired) electrons. The monoisotopic (exact) mass is 437 g/mol. The molecule has 0 atom stereocenters. The van der Waals surface area contributed by atoms with E-state index in [2.05, 4.69) is 4.98 Å². The lowest BCUT2D eigenvalue weighted by molar-refractivity contribution is -0.119. The number of carbonyl (C=O) groups excluding carboxylic acids is 2. The van der Waals surface area contributed by atoms with Gasteiger partial charge in [0, 0.05) is 37.8 Å².